The van der Waals surface area contributed by atoms with E-state index >= 15 is 0 Å². The van der Waals surface area contributed by atoms with Gasteiger partial charge in [-0.1, -0.05) is 42.2 Å². The Labute approximate surface area is 243 Å². The topological polar surface area (TPSA) is 104 Å². The first-order chi connectivity index (χ1) is 19.3. The Hall–Kier alpha value is -3.41. The largest absolute Gasteiger partial charge is 0.496 e. The monoisotopic (exact) mass is 581 g/mol. The Bertz CT molecular complexity index is 1340. The molecule has 2 aromatic carbocycles. The number of nitrogens with one attached hydrogen (secondary N) is 2. The summed E-state index contributed by atoms with van der Waals surface area (Å²) in [5.74, 6) is 0.185. The number of methoxy groups -OCH3 is 1. The molecule has 4 rings (SSSR count). The third-order valence-electron chi connectivity index (χ3n) is 6.82. The molecule has 40 heavy (non-hydrogen) atoms. The van der Waals surface area contributed by atoms with Gasteiger partial charge in [-0.25, -0.2) is 4.98 Å². The maximum Gasteiger partial charge on any atom is 0.257 e. The quantitative estimate of drug-likeness (QED) is 0.356. The van der Waals surface area contributed by atoms with E-state index in [4.69, 9.17) is 4.74 Å². The van der Waals surface area contributed by atoms with Crippen LogP contribution in [0.25, 0.3) is 0 Å². The molecule has 11 heteroatoms. The van der Waals surface area contributed by atoms with Crippen LogP contribution in [-0.2, 0) is 11.3 Å². The number of carbonyl (C=O) groups is 3. The molecule has 3 aromatic rings. The molecule has 1 unspecified atom stereocenters. The molecule has 1 atom stereocenters. The minimum Gasteiger partial charge on any atom is -0.496 e. The number of ether oxygens (including phenoxy) is 1. The molecule has 1 saturated heterocycles. The molecule has 1 aliphatic heterocycles. The molecular weight excluding hydrogens is 546 g/mol. The molecule has 3 amide bonds. The van der Waals surface area contributed by atoms with Gasteiger partial charge in [0.2, 0.25) is 5.91 Å². The van der Waals surface area contributed by atoms with Gasteiger partial charge in [0, 0.05) is 56.1 Å². The van der Waals surface area contributed by atoms with Crippen LogP contribution in [-0.4, -0.2) is 71.8 Å². The van der Waals surface area contributed by atoms with Crippen LogP contribution in [0.15, 0.2) is 57.8 Å². The zero-order valence-corrected chi connectivity index (χ0v) is 24.9. The fourth-order valence-corrected chi connectivity index (χ4v) is 6.06. The molecule has 0 spiro atoms. The van der Waals surface area contributed by atoms with Crippen molar-refractivity contribution in [3.63, 3.8) is 0 Å². The highest BCUT2D eigenvalue weighted by Gasteiger charge is 2.25. The van der Waals surface area contributed by atoms with E-state index in [0.717, 1.165) is 27.6 Å². The summed E-state index contributed by atoms with van der Waals surface area (Å²) in [7, 11) is 1.54. The van der Waals surface area contributed by atoms with Crippen molar-refractivity contribution in [2.45, 2.75) is 48.9 Å². The van der Waals surface area contributed by atoms with Crippen molar-refractivity contribution < 1.29 is 19.1 Å². The fraction of sp³-hybridized carbons (Fsp3) is 0.379. The lowest BCUT2D eigenvalue weighted by molar-refractivity contribution is -0.130. The van der Waals surface area contributed by atoms with Crippen LogP contribution < -0.4 is 15.4 Å². The van der Waals surface area contributed by atoms with Gasteiger partial charge in [-0.05, 0) is 49.2 Å². The molecular formula is C29H35N5O4S2. The molecule has 1 aliphatic rings. The highest BCUT2D eigenvalue weighted by molar-refractivity contribution is 8.01. The Balaban J connectivity index is 1.37. The van der Waals surface area contributed by atoms with Gasteiger partial charge < -0.3 is 19.9 Å². The number of carbonyl (C=O) groups excluding carboxylic acids is 3. The molecule has 0 saturated carbocycles. The predicted molar refractivity (Wildman–Crippen MR) is 158 cm³/mol. The number of hydrogen-bond donors (Lipinski definition) is 2. The highest BCUT2D eigenvalue weighted by atomic mass is 32.2. The van der Waals surface area contributed by atoms with Crippen molar-refractivity contribution in [2.24, 2.45) is 0 Å². The van der Waals surface area contributed by atoms with Crippen LogP contribution in [0.4, 0.5) is 5.13 Å². The van der Waals surface area contributed by atoms with E-state index in [9.17, 15) is 14.4 Å². The van der Waals surface area contributed by atoms with Crippen LogP contribution in [0, 0.1) is 0 Å². The van der Waals surface area contributed by atoms with Crippen molar-refractivity contribution in [1.82, 2.24) is 20.1 Å². The molecule has 2 N–H and O–H groups in total. The SMILES string of the molecule is CCC(C)NCc1ccc(C(=O)Nc2ncc(Sc3ccc(OC)c(C(=O)N4CCN(C(C)=O)CC4)c3)s2)cc1. The average molecular weight is 582 g/mol. The van der Waals surface area contributed by atoms with Crippen molar-refractivity contribution in [2.75, 3.05) is 38.6 Å². The molecule has 212 valence electrons. The molecule has 0 radical (unpaired) electrons. The van der Waals surface area contributed by atoms with E-state index in [1.807, 2.05) is 36.4 Å². The number of nitrogens with zero attached hydrogens (tertiary/aromatic N) is 3. The Morgan fingerprint density at radius 1 is 1.07 bits per heavy atom. The van der Waals surface area contributed by atoms with Gasteiger partial charge >= 0.3 is 0 Å². The number of thiazole rings is 1. The number of piperazine rings is 1. The summed E-state index contributed by atoms with van der Waals surface area (Å²) >= 11 is 2.83. The smallest absolute Gasteiger partial charge is 0.257 e. The van der Waals surface area contributed by atoms with Gasteiger partial charge in [0.1, 0.15) is 5.75 Å². The standard InChI is InChI=1S/C29H35N5O4S2/c1-5-19(2)30-17-21-6-8-22(9-7-21)27(36)32-29-31-18-26(40-29)39-23-10-11-25(38-4)24(16-23)28(37)34-14-12-33(13-15-34)20(3)35/h6-11,16,18-19,30H,5,12-15,17H2,1-4H3,(H,31,32,36). The normalized spacial score (nSPS) is 14.1. The van der Waals surface area contributed by atoms with Crippen molar-refractivity contribution in [1.29, 1.82) is 0 Å². The maximum absolute atomic E-state index is 13.3. The average Bonchev–Trinajstić information content (AvgIpc) is 3.41. The van der Waals surface area contributed by atoms with Gasteiger partial charge in [0.25, 0.3) is 11.8 Å². The predicted octanol–water partition coefficient (Wildman–Crippen LogP) is 4.75. The summed E-state index contributed by atoms with van der Waals surface area (Å²) in [6.45, 7) is 8.60. The second-order valence-corrected chi connectivity index (χ2v) is 12.0. The summed E-state index contributed by atoms with van der Waals surface area (Å²) in [4.78, 5) is 46.4. The summed E-state index contributed by atoms with van der Waals surface area (Å²) in [5, 5.41) is 6.82. The molecule has 1 fully saturated rings. The highest BCUT2D eigenvalue weighted by Crippen LogP contribution is 2.36. The summed E-state index contributed by atoms with van der Waals surface area (Å²) < 4.78 is 6.34. The Kier molecular flexibility index (Phi) is 10.2. The van der Waals surface area contributed by atoms with E-state index in [1.165, 1.54) is 23.1 Å². The van der Waals surface area contributed by atoms with Crippen LogP contribution in [0.3, 0.4) is 0 Å². The zero-order chi connectivity index (χ0) is 28.6. The van der Waals surface area contributed by atoms with Gasteiger partial charge in [-0.15, -0.1) is 0 Å². The lowest BCUT2D eigenvalue weighted by atomic mass is 10.1. The summed E-state index contributed by atoms with van der Waals surface area (Å²) in [6, 6.07) is 13.5. The van der Waals surface area contributed by atoms with Crippen molar-refractivity contribution in [3.8, 4) is 5.75 Å². The van der Waals surface area contributed by atoms with Gasteiger partial charge in [-0.2, -0.15) is 0 Å². The van der Waals surface area contributed by atoms with Gasteiger partial charge in [-0.3, -0.25) is 19.7 Å². The molecule has 0 aliphatic carbocycles. The zero-order valence-electron chi connectivity index (χ0n) is 23.2. The lowest BCUT2D eigenvalue weighted by Crippen LogP contribution is -2.50. The van der Waals surface area contributed by atoms with E-state index in [-0.39, 0.29) is 17.7 Å². The van der Waals surface area contributed by atoms with E-state index in [2.05, 4.69) is 29.5 Å². The molecule has 0 bridgehead atoms. The van der Waals surface area contributed by atoms with Crippen molar-refractivity contribution in [3.05, 3.63) is 65.4 Å². The summed E-state index contributed by atoms with van der Waals surface area (Å²) in [5.41, 5.74) is 2.17. The molecule has 2 heterocycles. The fourth-order valence-electron chi connectivity index (χ4n) is 4.17. The van der Waals surface area contributed by atoms with Crippen LogP contribution >= 0.6 is 23.1 Å². The van der Waals surface area contributed by atoms with Crippen LogP contribution in [0.5, 0.6) is 5.75 Å². The Morgan fingerprint density at radius 2 is 1.77 bits per heavy atom. The first-order valence-corrected chi connectivity index (χ1v) is 14.9. The van der Waals surface area contributed by atoms with E-state index in [0.29, 0.717) is 54.2 Å². The number of rotatable bonds is 10. The molecule has 1 aromatic heterocycles. The second kappa shape index (κ2) is 13.8. The first-order valence-electron chi connectivity index (χ1n) is 13.3. The van der Waals surface area contributed by atoms with Crippen molar-refractivity contribution >= 4 is 46.0 Å². The number of amides is 3. The van der Waals surface area contributed by atoms with Crippen LogP contribution in [0.2, 0.25) is 0 Å². The van der Waals surface area contributed by atoms with E-state index < -0.39 is 0 Å². The Morgan fingerprint density at radius 3 is 2.42 bits per heavy atom. The van der Waals surface area contributed by atoms with Gasteiger partial charge in [0.05, 0.1) is 23.1 Å². The number of anilines is 1. The summed E-state index contributed by atoms with van der Waals surface area (Å²) in [6.07, 6.45) is 2.77. The lowest BCUT2D eigenvalue weighted by Gasteiger charge is -2.34. The molecule has 9 nitrogen and oxygen atoms in total. The number of hydrogen-bond acceptors (Lipinski definition) is 8. The minimum atomic E-state index is -0.213. The minimum absolute atomic E-state index is 0.0196. The van der Waals surface area contributed by atoms with Gasteiger partial charge in [0.15, 0.2) is 5.13 Å². The third-order valence-corrected chi connectivity index (χ3v) is 8.82. The van der Waals surface area contributed by atoms with E-state index in [1.54, 1.807) is 36.1 Å². The number of benzene rings is 2. The third kappa shape index (κ3) is 7.61. The maximum atomic E-state index is 13.3. The number of aromatic nitrogens is 1. The first kappa shape index (κ1) is 29.6. The second-order valence-electron chi connectivity index (χ2n) is 9.59. The van der Waals surface area contributed by atoms with Crippen LogP contribution in [0.1, 0.15) is 53.5 Å².